The van der Waals surface area contributed by atoms with Gasteiger partial charge in [0.25, 0.3) is 0 Å². The van der Waals surface area contributed by atoms with E-state index in [-0.39, 0.29) is 5.41 Å². The third kappa shape index (κ3) is 1.84. The van der Waals surface area contributed by atoms with Gasteiger partial charge in [-0.3, -0.25) is 4.79 Å². The van der Waals surface area contributed by atoms with Crippen LogP contribution in [0.25, 0.3) is 10.8 Å². The molecular weight excluding hydrogens is 220 g/mol. The maximum Gasteiger partial charge on any atom is 0.168 e. The molecule has 92 valence electrons. The average Bonchev–Trinajstić information content (AvgIpc) is 2.85. The van der Waals surface area contributed by atoms with Gasteiger partial charge < -0.3 is 0 Å². The minimum absolute atomic E-state index is 0.123. The lowest BCUT2D eigenvalue weighted by Crippen LogP contribution is -2.24. The maximum atomic E-state index is 12.6. The third-order valence-corrected chi connectivity index (χ3v) is 4.27. The van der Waals surface area contributed by atoms with Crippen molar-refractivity contribution < 1.29 is 4.79 Å². The molecule has 0 unspecified atom stereocenters. The Morgan fingerprint density at radius 3 is 2.39 bits per heavy atom. The van der Waals surface area contributed by atoms with Gasteiger partial charge in [-0.15, -0.1) is 0 Å². The Bertz CT molecular complexity index is 591. The van der Waals surface area contributed by atoms with Gasteiger partial charge in [0.05, 0.1) is 0 Å². The van der Waals surface area contributed by atoms with Crippen LogP contribution in [0.5, 0.6) is 0 Å². The van der Waals surface area contributed by atoms with Crippen LogP contribution in [0.2, 0.25) is 0 Å². The Morgan fingerprint density at radius 1 is 1.00 bits per heavy atom. The monoisotopic (exact) mass is 238 g/mol. The second kappa shape index (κ2) is 4.24. The summed E-state index contributed by atoms with van der Waals surface area (Å²) in [6.07, 6.45) is 4.46. The summed E-state index contributed by atoms with van der Waals surface area (Å²) < 4.78 is 0. The molecule has 0 bridgehead atoms. The summed E-state index contributed by atoms with van der Waals surface area (Å²) in [5.41, 5.74) is 0.751. The molecule has 2 aromatic carbocycles. The third-order valence-electron chi connectivity index (χ3n) is 4.27. The molecule has 1 saturated carbocycles. The van der Waals surface area contributed by atoms with Crippen LogP contribution in [0.4, 0.5) is 0 Å². The van der Waals surface area contributed by atoms with Gasteiger partial charge in [-0.25, -0.2) is 0 Å². The first-order valence-electron chi connectivity index (χ1n) is 6.73. The molecule has 1 fully saturated rings. The van der Waals surface area contributed by atoms with Gasteiger partial charge in [0.2, 0.25) is 0 Å². The van der Waals surface area contributed by atoms with Crippen LogP contribution in [0.3, 0.4) is 0 Å². The van der Waals surface area contributed by atoms with Crippen molar-refractivity contribution in [1.82, 2.24) is 0 Å². The molecule has 0 aliphatic heterocycles. The fourth-order valence-corrected chi connectivity index (χ4v) is 3.06. The van der Waals surface area contributed by atoms with Crippen molar-refractivity contribution >= 4 is 16.6 Å². The molecule has 0 amide bonds. The van der Waals surface area contributed by atoms with E-state index >= 15 is 0 Å². The highest BCUT2D eigenvalue weighted by molar-refractivity contribution is 6.03. The summed E-state index contributed by atoms with van der Waals surface area (Å²) in [4.78, 5) is 12.6. The van der Waals surface area contributed by atoms with Crippen LogP contribution in [0.1, 0.15) is 43.0 Å². The first-order valence-corrected chi connectivity index (χ1v) is 6.73. The number of carbonyl (C=O) groups is 1. The number of carbonyl (C=O) groups excluding carboxylic acids is 1. The van der Waals surface area contributed by atoms with Crippen molar-refractivity contribution in [3.63, 3.8) is 0 Å². The summed E-state index contributed by atoms with van der Waals surface area (Å²) in [5, 5.41) is 2.36. The average molecular weight is 238 g/mol. The summed E-state index contributed by atoms with van der Waals surface area (Å²) in [6, 6.07) is 14.3. The first-order chi connectivity index (χ1) is 8.69. The highest BCUT2D eigenvalue weighted by atomic mass is 16.1. The van der Waals surface area contributed by atoms with Crippen LogP contribution >= 0.6 is 0 Å². The fourth-order valence-electron chi connectivity index (χ4n) is 3.06. The number of fused-ring (bicyclic) bond motifs is 1. The lowest BCUT2D eigenvalue weighted by Gasteiger charge is -2.21. The van der Waals surface area contributed by atoms with Crippen LogP contribution in [0, 0.1) is 5.41 Å². The normalized spacial score (nSPS) is 18.1. The maximum absolute atomic E-state index is 12.6. The molecule has 3 rings (SSSR count). The molecule has 0 aromatic heterocycles. The minimum atomic E-state index is -0.123. The topological polar surface area (TPSA) is 17.1 Å². The van der Waals surface area contributed by atoms with E-state index < -0.39 is 0 Å². The van der Waals surface area contributed by atoms with E-state index in [1.54, 1.807) is 0 Å². The Labute approximate surface area is 108 Å². The number of hydrogen-bond acceptors (Lipinski definition) is 1. The van der Waals surface area contributed by atoms with Crippen LogP contribution < -0.4 is 0 Å². The minimum Gasteiger partial charge on any atom is -0.294 e. The van der Waals surface area contributed by atoms with Crippen molar-refractivity contribution in [2.45, 2.75) is 32.6 Å². The van der Waals surface area contributed by atoms with Crippen LogP contribution in [0.15, 0.2) is 42.5 Å². The quantitative estimate of drug-likeness (QED) is 0.699. The number of Topliss-reactive ketones (excluding diaryl/α,β-unsaturated/α-hetero) is 1. The Kier molecular flexibility index (Phi) is 2.70. The summed E-state index contributed by atoms with van der Waals surface area (Å²) >= 11 is 0. The number of hydrogen-bond donors (Lipinski definition) is 0. The lowest BCUT2D eigenvalue weighted by molar-refractivity contribution is 0.0823. The van der Waals surface area contributed by atoms with E-state index in [1.807, 2.05) is 24.3 Å². The molecule has 1 aliphatic rings. The highest BCUT2D eigenvalue weighted by Gasteiger charge is 2.36. The lowest BCUT2D eigenvalue weighted by atomic mass is 9.80. The smallest absolute Gasteiger partial charge is 0.168 e. The summed E-state index contributed by atoms with van der Waals surface area (Å²) in [5.74, 6) is 0.325. The Balaban J connectivity index is 2.01. The van der Waals surface area contributed by atoms with Gasteiger partial charge in [-0.05, 0) is 29.7 Å². The van der Waals surface area contributed by atoms with Crippen molar-refractivity contribution in [2.75, 3.05) is 0 Å². The molecule has 18 heavy (non-hydrogen) atoms. The molecule has 1 heteroatoms. The van der Waals surface area contributed by atoms with Gasteiger partial charge in [0, 0.05) is 11.0 Å². The number of benzene rings is 2. The van der Waals surface area contributed by atoms with Crippen molar-refractivity contribution in [3.8, 4) is 0 Å². The summed E-state index contributed by atoms with van der Waals surface area (Å²) in [6.45, 7) is 2.12. The van der Waals surface area contributed by atoms with Gasteiger partial charge in [-0.2, -0.15) is 0 Å². The largest absolute Gasteiger partial charge is 0.294 e. The second-order valence-electron chi connectivity index (χ2n) is 5.66. The van der Waals surface area contributed by atoms with Crippen molar-refractivity contribution in [2.24, 2.45) is 5.41 Å². The molecule has 0 atom stereocenters. The molecule has 0 spiro atoms. The van der Waals surface area contributed by atoms with E-state index in [9.17, 15) is 4.79 Å². The molecule has 1 aliphatic carbocycles. The van der Waals surface area contributed by atoms with Crippen LogP contribution in [-0.4, -0.2) is 5.78 Å². The SMILES string of the molecule is CC1(C(=O)c2ccc3ccccc3c2)CCCC1. The van der Waals surface area contributed by atoms with Gasteiger partial charge in [0.15, 0.2) is 5.78 Å². The second-order valence-corrected chi connectivity index (χ2v) is 5.66. The van der Waals surface area contributed by atoms with E-state index in [1.165, 1.54) is 18.2 Å². The van der Waals surface area contributed by atoms with Crippen molar-refractivity contribution in [1.29, 1.82) is 0 Å². The zero-order valence-electron chi connectivity index (χ0n) is 10.8. The highest BCUT2D eigenvalue weighted by Crippen LogP contribution is 2.40. The Hall–Kier alpha value is -1.63. The zero-order chi connectivity index (χ0) is 12.6. The summed E-state index contributed by atoms with van der Waals surface area (Å²) in [7, 11) is 0. The van der Waals surface area contributed by atoms with Crippen LogP contribution in [-0.2, 0) is 0 Å². The molecule has 0 radical (unpaired) electrons. The first kappa shape index (κ1) is 11.5. The number of ketones is 1. The molecular formula is C17H18O. The molecule has 1 nitrogen and oxygen atoms in total. The van der Waals surface area contributed by atoms with E-state index in [0.29, 0.717) is 5.78 Å². The van der Waals surface area contributed by atoms with E-state index in [0.717, 1.165) is 23.8 Å². The predicted octanol–water partition coefficient (Wildman–Crippen LogP) is 4.60. The van der Waals surface area contributed by atoms with Gasteiger partial charge in [0.1, 0.15) is 0 Å². The molecule has 0 saturated heterocycles. The zero-order valence-corrected chi connectivity index (χ0v) is 10.8. The predicted molar refractivity (Wildman–Crippen MR) is 74.9 cm³/mol. The molecule has 0 heterocycles. The number of rotatable bonds is 2. The van der Waals surface area contributed by atoms with Gasteiger partial charge in [-0.1, -0.05) is 56.2 Å². The molecule has 0 N–H and O–H groups in total. The van der Waals surface area contributed by atoms with Gasteiger partial charge >= 0.3 is 0 Å². The molecule has 2 aromatic rings. The van der Waals surface area contributed by atoms with Crippen molar-refractivity contribution in [3.05, 3.63) is 48.0 Å². The van der Waals surface area contributed by atoms with E-state index in [4.69, 9.17) is 0 Å². The van der Waals surface area contributed by atoms with E-state index in [2.05, 4.69) is 25.1 Å². The fraction of sp³-hybridized carbons (Fsp3) is 0.353. The standard InChI is InChI=1S/C17H18O/c1-17(10-4-5-11-17)16(18)15-9-8-13-6-2-3-7-14(13)12-15/h2-3,6-9,12H,4-5,10-11H2,1H3. The Morgan fingerprint density at radius 2 is 1.67 bits per heavy atom.